The standard InChI is InChI=1S/C12H17NO/c1-2-11(13)12(14)9-8-10-6-4-3-5-7-10/h3-7,12-14H,2,8-9H2,1H3. The van der Waals surface area contributed by atoms with Crippen molar-refractivity contribution in [2.75, 3.05) is 0 Å². The lowest BCUT2D eigenvalue weighted by Crippen LogP contribution is -2.19. The third kappa shape index (κ3) is 3.30. The molecule has 1 aromatic carbocycles. The van der Waals surface area contributed by atoms with Crippen LogP contribution in [0.25, 0.3) is 0 Å². The molecule has 0 aromatic heterocycles. The predicted molar refractivity (Wildman–Crippen MR) is 58.8 cm³/mol. The molecule has 1 rings (SSSR count). The SMILES string of the molecule is CCC(=N)C(O)CCc1ccccc1. The average molecular weight is 191 g/mol. The normalized spacial score (nSPS) is 12.4. The molecule has 0 spiro atoms. The van der Waals surface area contributed by atoms with E-state index in [-0.39, 0.29) is 0 Å². The summed E-state index contributed by atoms with van der Waals surface area (Å²) in [6.45, 7) is 1.90. The maximum absolute atomic E-state index is 9.55. The Morgan fingerprint density at radius 3 is 2.57 bits per heavy atom. The van der Waals surface area contributed by atoms with E-state index in [1.54, 1.807) is 0 Å². The van der Waals surface area contributed by atoms with Crippen LogP contribution in [0, 0.1) is 5.41 Å². The smallest absolute Gasteiger partial charge is 0.0916 e. The number of aryl methyl sites for hydroxylation is 1. The van der Waals surface area contributed by atoms with Crippen molar-refractivity contribution in [3.63, 3.8) is 0 Å². The minimum Gasteiger partial charge on any atom is -0.387 e. The van der Waals surface area contributed by atoms with E-state index in [2.05, 4.69) is 0 Å². The van der Waals surface area contributed by atoms with E-state index < -0.39 is 6.10 Å². The topological polar surface area (TPSA) is 44.1 Å². The van der Waals surface area contributed by atoms with Gasteiger partial charge in [0.2, 0.25) is 0 Å². The lowest BCUT2D eigenvalue weighted by molar-refractivity contribution is 0.228. The number of benzene rings is 1. The fraction of sp³-hybridized carbons (Fsp3) is 0.417. The van der Waals surface area contributed by atoms with Crippen LogP contribution >= 0.6 is 0 Å². The maximum atomic E-state index is 9.55. The van der Waals surface area contributed by atoms with Gasteiger partial charge < -0.3 is 10.5 Å². The van der Waals surface area contributed by atoms with Crippen molar-refractivity contribution in [3.8, 4) is 0 Å². The molecule has 0 bridgehead atoms. The number of hydrogen-bond acceptors (Lipinski definition) is 2. The van der Waals surface area contributed by atoms with Gasteiger partial charge in [-0.2, -0.15) is 0 Å². The zero-order chi connectivity index (χ0) is 10.4. The molecule has 0 aliphatic carbocycles. The second kappa shape index (κ2) is 5.55. The summed E-state index contributed by atoms with van der Waals surface area (Å²) in [5.41, 5.74) is 1.65. The first-order chi connectivity index (χ1) is 6.74. The molecule has 1 atom stereocenters. The first-order valence-electron chi connectivity index (χ1n) is 5.03. The quantitative estimate of drug-likeness (QED) is 0.690. The van der Waals surface area contributed by atoms with Crippen LogP contribution < -0.4 is 0 Å². The second-order valence-corrected chi connectivity index (χ2v) is 3.42. The summed E-state index contributed by atoms with van der Waals surface area (Å²) >= 11 is 0. The molecule has 0 saturated carbocycles. The Hall–Kier alpha value is -1.15. The molecule has 0 aliphatic rings. The lowest BCUT2D eigenvalue weighted by Gasteiger charge is -2.10. The Balaban J connectivity index is 2.38. The summed E-state index contributed by atoms with van der Waals surface area (Å²) in [6.07, 6.45) is 1.55. The monoisotopic (exact) mass is 191 g/mol. The average Bonchev–Trinajstić information content (AvgIpc) is 2.26. The van der Waals surface area contributed by atoms with Crippen LogP contribution in [0.4, 0.5) is 0 Å². The molecule has 0 aliphatic heterocycles. The van der Waals surface area contributed by atoms with Gasteiger partial charge in [-0.1, -0.05) is 37.3 Å². The van der Waals surface area contributed by atoms with E-state index in [1.165, 1.54) is 5.56 Å². The summed E-state index contributed by atoms with van der Waals surface area (Å²) in [5.74, 6) is 0. The Kier molecular flexibility index (Phi) is 4.33. The molecule has 14 heavy (non-hydrogen) atoms. The van der Waals surface area contributed by atoms with Crippen molar-refractivity contribution < 1.29 is 5.11 Å². The zero-order valence-corrected chi connectivity index (χ0v) is 8.53. The maximum Gasteiger partial charge on any atom is 0.0916 e. The van der Waals surface area contributed by atoms with Gasteiger partial charge in [0.25, 0.3) is 0 Å². The van der Waals surface area contributed by atoms with Crippen molar-refractivity contribution in [1.29, 1.82) is 5.41 Å². The number of aliphatic hydroxyl groups excluding tert-OH is 1. The third-order valence-corrected chi connectivity index (χ3v) is 2.33. The first-order valence-corrected chi connectivity index (χ1v) is 5.03. The molecule has 1 unspecified atom stereocenters. The molecule has 1 aromatic rings. The van der Waals surface area contributed by atoms with Crippen LogP contribution in [0.3, 0.4) is 0 Å². The highest BCUT2D eigenvalue weighted by atomic mass is 16.3. The van der Waals surface area contributed by atoms with E-state index in [4.69, 9.17) is 5.41 Å². The van der Waals surface area contributed by atoms with Gasteiger partial charge in [-0.3, -0.25) is 0 Å². The van der Waals surface area contributed by atoms with E-state index in [1.807, 2.05) is 37.3 Å². The summed E-state index contributed by atoms with van der Waals surface area (Å²) < 4.78 is 0. The predicted octanol–water partition coefficient (Wildman–Crippen LogP) is 2.41. The molecule has 2 nitrogen and oxygen atoms in total. The first kappa shape index (κ1) is 10.9. The van der Waals surface area contributed by atoms with Crippen molar-refractivity contribution >= 4 is 5.71 Å². The van der Waals surface area contributed by atoms with Crippen molar-refractivity contribution in [2.24, 2.45) is 0 Å². The van der Waals surface area contributed by atoms with Gasteiger partial charge in [-0.05, 0) is 24.8 Å². The highest BCUT2D eigenvalue weighted by Crippen LogP contribution is 2.06. The summed E-state index contributed by atoms with van der Waals surface area (Å²) in [5, 5.41) is 17.0. The number of nitrogens with one attached hydrogen (secondary N) is 1. The molecular formula is C12H17NO. The molecular weight excluding hydrogens is 174 g/mol. The summed E-state index contributed by atoms with van der Waals surface area (Å²) in [7, 11) is 0. The van der Waals surface area contributed by atoms with E-state index >= 15 is 0 Å². The molecule has 76 valence electrons. The minimum atomic E-state index is -0.569. The second-order valence-electron chi connectivity index (χ2n) is 3.42. The largest absolute Gasteiger partial charge is 0.387 e. The van der Waals surface area contributed by atoms with Crippen molar-refractivity contribution in [3.05, 3.63) is 35.9 Å². The van der Waals surface area contributed by atoms with Crippen molar-refractivity contribution in [2.45, 2.75) is 32.3 Å². The van der Waals surface area contributed by atoms with Crippen LogP contribution in [0.15, 0.2) is 30.3 Å². The van der Waals surface area contributed by atoms with E-state index in [9.17, 15) is 5.11 Å². The third-order valence-electron chi connectivity index (χ3n) is 2.33. The fourth-order valence-electron chi connectivity index (χ4n) is 1.36. The van der Waals surface area contributed by atoms with Crippen LogP contribution in [0.1, 0.15) is 25.3 Å². The Morgan fingerprint density at radius 1 is 1.36 bits per heavy atom. The van der Waals surface area contributed by atoms with Gasteiger partial charge in [-0.25, -0.2) is 0 Å². The molecule has 0 amide bonds. The van der Waals surface area contributed by atoms with Gasteiger partial charge in [-0.15, -0.1) is 0 Å². The number of hydrogen-bond donors (Lipinski definition) is 2. The van der Waals surface area contributed by atoms with Crippen LogP contribution in [-0.4, -0.2) is 16.9 Å². The fourth-order valence-corrected chi connectivity index (χ4v) is 1.36. The highest BCUT2D eigenvalue weighted by Gasteiger charge is 2.08. The summed E-state index contributed by atoms with van der Waals surface area (Å²) in [6, 6.07) is 10.1. The minimum absolute atomic E-state index is 0.431. The molecule has 0 saturated heterocycles. The summed E-state index contributed by atoms with van der Waals surface area (Å²) in [4.78, 5) is 0. The van der Waals surface area contributed by atoms with E-state index in [0.29, 0.717) is 18.6 Å². The van der Waals surface area contributed by atoms with Crippen molar-refractivity contribution in [1.82, 2.24) is 0 Å². The van der Waals surface area contributed by atoms with Gasteiger partial charge in [0.05, 0.1) is 6.10 Å². The van der Waals surface area contributed by atoms with Crippen LogP contribution in [0.5, 0.6) is 0 Å². The van der Waals surface area contributed by atoms with Gasteiger partial charge in [0, 0.05) is 5.71 Å². The van der Waals surface area contributed by atoms with Gasteiger partial charge in [0.1, 0.15) is 0 Å². The number of aliphatic hydroxyl groups is 1. The molecule has 2 N–H and O–H groups in total. The lowest BCUT2D eigenvalue weighted by atomic mass is 10.0. The van der Waals surface area contributed by atoms with E-state index in [0.717, 1.165) is 6.42 Å². The van der Waals surface area contributed by atoms with Gasteiger partial charge >= 0.3 is 0 Å². The Morgan fingerprint density at radius 2 is 2.00 bits per heavy atom. The molecule has 0 radical (unpaired) electrons. The van der Waals surface area contributed by atoms with Crippen LogP contribution in [-0.2, 0) is 6.42 Å². The number of rotatable bonds is 5. The molecule has 0 fully saturated rings. The highest BCUT2D eigenvalue weighted by molar-refractivity contribution is 5.85. The Bertz CT molecular complexity index is 282. The van der Waals surface area contributed by atoms with Crippen LogP contribution in [0.2, 0.25) is 0 Å². The van der Waals surface area contributed by atoms with Gasteiger partial charge in [0.15, 0.2) is 0 Å². The zero-order valence-electron chi connectivity index (χ0n) is 8.53. The molecule has 2 heteroatoms. The Labute approximate surface area is 85.1 Å². The molecule has 0 heterocycles.